The summed E-state index contributed by atoms with van der Waals surface area (Å²) in [7, 11) is 0. The van der Waals surface area contributed by atoms with Crippen molar-refractivity contribution in [2.75, 3.05) is 0 Å². The molecule has 0 saturated heterocycles. The zero-order valence-corrected chi connectivity index (χ0v) is 9.01. The molecule has 1 aromatic rings. The van der Waals surface area contributed by atoms with Gasteiger partial charge in [0.15, 0.2) is 0 Å². The van der Waals surface area contributed by atoms with Gasteiger partial charge >= 0.3 is 5.97 Å². The first-order valence-electron chi connectivity index (χ1n) is 4.00. The van der Waals surface area contributed by atoms with Gasteiger partial charge in [-0.2, -0.15) is 0 Å². The zero-order chi connectivity index (χ0) is 10.3. The topological polar surface area (TPSA) is 68.8 Å². The van der Waals surface area contributed by atoms with Crippen LogP contribution in [0.3, 0.4) is 0 Å². The molecular formula is C10H15ClO3. The Labute approximate surface area is 88.6 Å². The number of halogens is 1. The van der Waals surface area contributed by atoms with Crippen LogP contribution < -0.4 is 0 Å². The Morgan fingerprint density at radius 2 is 2.00 bits per heavy atom. The number of aryl methyl sites for hydroxylation is 1. The molecule has 3 N–H and O–H groups in total. The van der Waals surface area contributed by atoms with Crippen LogP contribution in [-0.4, -0.2) is 16.6 Å². The lowest BCUT2D eigenvalue weighted by molar-refractivity contribution is -0.136. The van der Waals surface area contributed by atoms with Crippen LogP contribution in [0.15, 0.2) is 24.3 Å². The van der Waals surface area contributed by atoms with Gasteiger partial charge in [-0.1, -0.05) is 30.7 Å². The molecule has 0 aliphatic rings. The molecule has 0 fully saturated rings. The first kappa shape index (κ1) is 15.4. The zero-order valence-electron chi connectivity index (χ0n) is 8.25. The van der Waals surface area contributed by atoms with E-state index in [-0.39, 0.29) is 11.9 Å². The molecule has 0 unspecified atom stereocenters. The van der Waals surface area contributed by atoms with E-state index in [1.165, 1.54) is 5.56 Å². The van der Waals surface area contributed by atoms with E-state index in [1.807, 2.05) is 31.2 Å². The molecule has 0 saturated carbocycles. The predicted molar refractivity (Wildman–Crippen MR) is 57.7 cm³/mol. The summed E-state index contributed by atoms with van der Waals surface area (Å²) in [6.45, 7) is 3.62. The fourth-order valence-electron chi connectivity index (χ4n) is 0.606. The van der Waals surface area contributed by atoms with E-state index < -0.39 is 5.97 Å². The number of carboxylic acids is 1. The van der Waals surface area contributed by atoms with Gasteiger partial charge in [-0.3, -0.25) is 4.79 Å². The lowest BCUT2D eigenvalue weighted by Crippen LogP contribution is -1.86. The lowest BCUT2D eigenvalue weighted by Gasteiger charge is -1.88. The van der Waals surface area contributed by atoms with Gasteiger partial charge in [-0.15, -0.1) is 0 Å². The fourth-order valence-corrected chi connectivity index (χ4v) is 0.850. The third-order valence-electron chi connectivity index (χ3n) is 1.28. The maximum absolute atomic E-state index is 9.37. The minimum atomic E-state index is -0.745. The molecule has 3 nitrogen and oxygen atoms in total. The van der Waals surface area contributed by atoms with Crippen molar-refractivity contribution in [3.05, 3.63) is 34.9 Å². The maximum Gasteiger partial charge on any atom is 0.303 e. The number of hydrogen-bond acceptors (Lipinski definition) is 1. The molecule has 0 aliphatic heterocycles. The van der Waals surface area contributed by atoms with Crippen LogP contribution in [0.4, 0.5) is 0 Å². The van der Waals surface area contributed by atoms with Gasteiger partial charge in [-0.05, 0) is 24.6 Å². The van der Waals surface area contributed by atoms with Gasteiger partial charge in [-0.25, -0.2) is 0 Å². The van der Waals surface area contributed by atoms with Crippen molar-refractivity contribution in [1.29, 1.82) is 0 Å². The highest BCUT2D eigenvalue weighted by molar-refractivity contribution is 6.30. The van der Waals surface area contributed by atoms with Crippen LogP contribution in [0.25, 0.3) is 0 Å². The highest BCUT2D eigenvalue weighted by atomic mass is 35.5. The van der Waals surface area contributed by atoms with Gasteiger partial charge in [0, 0.05) is 11.4 Å². The summed E-state index contributed by atoms with van der Waals surface area (Å²) in [4.78, 5) is 9.37. The van der Waals surface area contributed by atoms with Crippen LogP contribution in [-0.2, 0) is 4.79 Å². The molecule has 0 amide bonds. The summed E-state index contributed by atoms with van der Waals surface area (Å²) in [6.07, 6.45) is 0.222. The van der Waals surface area contributed by atoms with E-state index in [4.69, 9.17) is 16.7 Å². The Morgan fingerprint density at radius 3 is 2.21 bits per heavy atom. The van der Waals surface area contributed by atoms with Crippen molar-refractivity contribution in [2.24, 2.45) is 0 Å². The first-order chi connectivity index (χ1) is 6.06. The second-order valence-corrected chi connectivity index (χ2v) is 2.98. The third-order valence-corrected chi connectivity index (χ3v) is 1.52. The molecule has 14 heavy (non-hydrogen) atoms. The molecule has 4 heteroatoms. The van der Waals surface area contributed by atoms with Crippen molar-refractivity contribution < 1.29 is 15.4 Å². The summed E-state index contributed by atoms with van der Waals surface area (Å²) in [6, 6.07) is 7.76. The minimum Gasteiger partial charge on any atom is -0.481 e. The summed E-state index contributed by atoms with van der Waals surface area (Å²) in [5, 5.41) is 8.53. The second kappa shape index (κ2) is 8.53. The van der Waals surface area contributed by atoms with Crippen molar-refractivity contribution in [2.45, 2.75) is 20.3 Å². The third kappa shape index (κ3) is 9.03. The molecule has 0 aliphatic carbocycles. The minimum absolute atomic E-state index is 0. The first-order valence-corrected chi connectivity index (χ1v) is 4.38. The van der Waals surface area contributed by atoms with E-state index in [9.17, 15) is 4.79 Å². The fraction of sp³-hybridized carbons (Fsp3) is 0.300. The predicted octanol–water partition coefficient (Wildman–Crippen LogP) is 2.30. The molecule has 1 rings (SSSR count). The molecule has 0 aromatic heterocycles. The van der Waals surface area contributed by atoms with Crippen LogP contribution in [0.1, 0.15) is 18.9 Å². The standard InChI is InChI=1S/C7H7Cl.C3H6O2.H2O/c1-6-3-2-4-7(8)5-6;1-2-3(4)5;/h2-5H,1H3;2H2,1H3,(H,4,5);1H2. The second-order valence-electron chi connectivity index (χ2n) is 2.55. The molecule has 80 valence electrons. The normalized spacial score (nSPS) is 7.93. The average molecular weight is 219 g/mol. The smallest absolute Gasteiger partial charge is 0.303 e. The van der Waals surface area contributed by atoms with Crippen LogP contribution in [0.5, 0.6) is 0 Å². The van der Waals surface area contributed by atoms with Crippen molar-refractivity contribution in [3.63, 3.8) is 0 Å². The Kier molecular flexibility index (Phi) is 9.40. The number of hydrogen-bond donors (Lipinski definition) is 1. The molecular weight excluding hydrogens is 204 g/mol. The number of carboxylic acid groups (broad SMARTS) is 1. The van der Waals surface area contributed by atoms with E-state index >= 15 is 0 Å². The van der Waals surface area contributed by atoms with Gasteiger partial charge in [0.25, 0.3) is 0 Å². The van der Waals surface area contributed by atoms with Crippen molar-refractivity contribution in [1.82, 2.24) is 0 Å². The van der Waals surface area contributed by atoms with E-state index in [1.54, 1.807) is 6.92 Å². The Morgan fingerprint density at radius 1 is 1.50 bits per heavy atom. The molecule has 0 bridgehead atoms. The Hall–Kier alpha value is -1.06. The quantitative estimate of drug-likeness (QED) is 0.786. The summed E-state index contributed by atoms with van der Waals surface area (Å²) in [5.41, 5.74) is 1.21. The summed E-state index contributed by atoms with van der Waals surface area (Å²) < 4.78 is 0. The Bertz CT molecular complexity index is 257. The van der Waals surface area contributed by atoms with Crippen LogP contribution in [0.2, 0.25) is 5.02 Å². The number of aliphatic carboxylic acids is 1. The van der Waals surface area contributed by atoms with Crippen molar-refractivity contribution in [3.8, 4) is 0 Å². The summed E-state index contributed by atoms with van der Waals surface area (Å²) >= 11 is 5.64. The SMILES string of the molecule is CCC(=O)O.Cc1cccc(Cl)c1.O. The van der Waals surface area contributed by atoms with E-state index in [0.29, 0.717) is 0 Å². The van der Waals surface area contributed by atoms with Crippen LogP contribution >= 0.6 is 11.6 Å². The van der Waals surface area contributed by atoms with Crippen LogP contribution in [0, 0.1) is 6.92 Å². The van der Waals surface area contributed by atoms with Gasteiger partial charge in [0.2, 0.25) is 0 Å². The Balaban J connectivity index is 0. The molecule has 0 radical (unpaired) electrons. The molecule has 1 aromatic carbocycles. The molecule has 0 atom stereocenters. The van der Waals surface area contributed by atoms with Gasteiger partial charge < -0.3 is 10.6 Å². The monoisotopic (exact) mass is 218 g/mol. The van der Waals surface area contributed by atoms with Crippen molar-refractivity contribution >= 4 is 17.6 Å². The lowest BCUT2D eigenvalue weighted by atomic mass is 10.2. The molecule has 0 spiro atoms. The average Bonchev–Trinajstić information content (AvgIpc) is 2.05. The number of benzene rings is 1. The number of carbonyl (C=O) groups is 1. The van der Waals surface area contributed by atoms with Gasteiger partial charge in [0.05, 0.1) is 0 Å². The highest BCUT2D eigenvalue weighted by Gasteiger charge is 1.83. The van der Waals surface area contributed by atoms with E-state index in [2.05, 4.69) is 0 Å². The summed E-state index contributed by atoms with van der Waals surface area (Å²) in [5.74, 6) is -0.745. The highest BCUT2D eigenvalue weighted by Crippen LogP contribution is 2.08. The molecule has 0 heterocycles. The largest absolute Gasteiger partial charge is 0.481 e. The maximum atomic E-state index is 9.37. The number of rotatable bonds is 1. The van der Waals surface area contributed by atoms with Gasteiger partial charge in [0.1, 0.15) is 0 Å². The van der Waals surface area contributed by atoms with E-state index in [0.717, 1.165) is 5.02 Å².